The number of carbonyl (C=O) groups is 1. The smallest absolute Gasteiger partial charge is 0.344 e. The molecule has 1 aromatic carbocycles. The maximum Gasteiger partial charge on any atom is 0.344 e. The first-order valence-electron chi connectivity index (χ1n) is 5.29. The quantitative estimate of drug-likeness (QED) is 0.590. The number of methoxy groups -OCH3 is 3. The van der Waals surface area contributed by atoms with E-state index in [2.05, 4.69) is 9.99 Å². The van der Waals surface area contributed by atoms with Crippen LogP contribution in [0.5, 0.6) is 17.2 Å². The van der Waals surface area contributed by atoms with E-state index in [1.807, 2.05) is 0 Å². The first-order valence-corrected chi connectivity index (χ1v) is 5.29. The lowest BCUT2D eigenvalue weighted by Gasteiger charge is -2.11. The van der Waals surface area contributed by atoms with E-state index in [0.29, 0.717) is 22.8 Å². The normalized spacial score (nSPS) is 10.3. The van der Waals surface area contributed by atoms with Crippen LogP contribution in [0.1, 0.15) is 5.56 Å². The van der Waals surface area contributed by atoms with Crippen molar-refractivity contribution in [3.05, 3.63) is 17.7 Å². The molecule has 1 aromatic rings. The first-order chi connectivity index (χ1) is 9.12. The molecule has 0 aromatic heterocycles. The van der Waals surface area contributed by atoms with Crippen molar-refractivity contribution in [1.82, 2.24) is 0 Å². The van der Waals surface area contributed by atoms with Crippen LogP contribution in [0.4, 0.5) is 0 Å². The summed E-state index contributed by atoms with van der Waals surface area (Å²) in [5.41, 5.74) is 0.524. The van der Waals surface area contributed by atoms with E-state index in [0.717, 1.165) is 0 Å². The Morgan fingerprint density at radius 2 is 1.79 bits per heavy atom. The fraction of sp³-hybridized carbons (Fsp3) is 0.333. The fourth-order valence-corrected chi connectivity index (χ4v) is 1.34. The number of carboxylic acids is 1. The zero-order chi connectivity index (χ0) is 14.3. The van der Waals surface area contributed by atoms with Gasteiger partial charge in [0.1, 0.15) is 17.2 Å². The van der Waals surface area contributed by atoms with Gasteiger partial charge in [-0.1, -0.05) is 5.16 Å². The molecule has 0 saturated heterocycles. The average molecular weight is 269 g/mol. The molecule has 1 rings (SSSR count). The molecule has 0 amide bonds. The van der Waals surface area contributed by atoms with Crippen molar-refractivity contribution in [1.29, 1.82) is 0 Å². The van der Waals surface area contributed by atoms with E-state index in [-0.39, 0.29) is 0 Å². The van der Waals surface area contributed by atoms with Crippen molar-refractivity contribution in [3.8, 4) is 17.2 Å². The summed E-state index contributed by atoms with van der Waals surface area (Å²) in [5, 5.41) is 12.0. The SMILES string of the molecule is COc1cc(OC)c(C=NOCC(=O)O)c(OC)c1. The monoisotopic (exact) mass is 269 g/mol. The van der Waals surface area contributed by atoms with Gasteiger partial charge in [0.25, 0.3) is 0 Å². The Hall–Kier alpha value is -2.44. The predicted molar refractivity (Wildman–Crippen MR) is 67.3 cm³/mol. The molecule has 0 radical (unpaired) electrons. The molecule has 19 heavy (non-hydrogen) atoms. The zero-order valence-electron chi connectivity index (χ0n) is 10.9. The highest BCUT2D eigenvalue weighted by Crippen LogP contribution is 2.32. The number of ether oxygens (including phenoxy) is 3. The highest BCUT2D eigenvalue weighted by atomic mass is 16.6. The molecule has 1 N–H and O–H groups in total. The van der Waals surface area contributed by atoms with E-state index in [4.69, 9.17) is 19.3 Å². The molecule has 7 nitrogen and oxygen atoms in total. The Balaban J connectivity index is 3.00. The number of carboxylic acid groups (broad SMARTS) is 1. The summed E-state index contributed by atoms with van der Waals surface area (Å²) in [4.78, 5) is 14.9. The predicted octanol–water partition coefficient (Wildman–Crippen LogP) is 1.15. The molecule has 0 heterocycles. The third-order valence-electron chi connectivity index (χ3n) is 2.20. The van der Waals surface area contributed by atoms with E-state index < -0.39 is 12.6 Å². The van der Waals surface area contributed by atoms with Gasteiger partial charge in [0.05, 0.1) is 33.1 Å². The van der Waals surface area contributed by atoms with Gasteiger partial charge >= 0.3 is 5.97 Å². The third kappa shape index (κ3) is 4.06. The topological polar surface area (TPSA) is 86.6 Å². The van der Waals surface area contributed by atoms with Crippen molar-refractivity contribution in [3.63, 3.8) is 0 Å². The molecule has 0 bridgehead atoms. The molecular weight excluding hydrogens is 254 g/mol. The number of aliphatic carboxylic acids is 1. The number of hydrogen-bond donors (Lipinski definition) is 1. The minimum Gasteiger partial charge on any atom is -0.496 e. The van der Waals surface area contributed by atoms with Crippen molar-refractivity contribution in [2.24, 2.45) is 5.16 Å². The molecule has 7 heteroatoms. The number of nitrogens with zero attached hydrogens (tertiary/aromatic N) is 1. The van der Waals surface area contributed by atoms with Gasteiger partial charge in [0.15, 0.2) is 0 Å². The Kier molecular flexibility index (Phi) is 5.46. The van der Waals surface area contributed by atoms with Gasteiger partial charge in [-0.3, -0.25) is 0 Å². The fourth-order valence-electron chi connectivity index (χ4n) is 1.34. The van der Waals surface area contributed by atoms with Gasteiger partial charge in [0.2, 0.25) is 6.61 Å². The van der Waals surface area contributed by atoms with Gasteiger partial charge in [0, 0.05) is 12.1 Å². The standard InChI is InChI=1S/C12H15NO6/c1-16-8-4-10(17-2)9(11(5-8)18-3)6-13-19-7-12(14)15/h4-6H,7H2,1-3H3,(H,14,15). The maximum atomic E-state index is 10.3. The van der Waals surface area contributed by atoms with Crippen LogP contribution in [-0.2, 0) is 9.63 Å². The summed E-state index contributed by atoms with van der Waals surface area (Å²) in [6.45, 7) is -0.517. The van der Waals surface area contributed by atoms with Crippen LogP contribution in [0.25, 0.3) is 0 Å². The highest BCUT2D eigenvalue weighted by molar-refractivity contribution is 5.87. The molecule has 0 saturated carbocycles. The third-order valence-corrected chi connectivity index (χ3v) is 2.20. The van der Waals surface area contributed by atoms with Gasteiger partial charge < -0.3 is 24.2 Å². The summed E-state index contributed by atoms with van der Waals surface area (Å²) < 4.78 is 15.5. The number of hydrogen-bond acceptors (Lipinski definition) is 6. The second-order valence-corrected chi connectivity index (χ2v) is 3.35. The van der Waals surface area contributed by atoms with E-state index in [9.17, 15) is 4.79 Å². The maximum absolute atomic E-state index is 10.3. The Labute approximate surface area is 110 Å². The second kappa shape index (κ2) is 7.10. The molecule has 0 fully saturated rings. The van der Waals surface area contributed by atoms with Gasteiger partial charge in [-0.2, -0.15) is 0 Å². The second-order valence-electron chi connectivity index (χ2n) is 3.35. The van der Waals surface area contributed by atoms with Crippen molar-refractivity contribution < 1.29 is 28.9 Å². The van der Waals surface area contributed by atoms with E-state index >= 15 is 0 Å². The highest BCUT2D eigenvalue weighted by Gasteiger charge is 2.11. The van der Waals surface area contributed by atoms with Gasteiger partial charge in [-0.15, -0.1) is 0 Å². The van der Waals surface area contributed by atoms with Crippen LogP contribution < -0.4 is 14.2 Å². The lowest BCUT2D eigenvalue weighted by molar-refractivity contribution is -0.142. The molecule has 0 aliphatic heterocycles. The van der Waals surface area contributed by atoms with Crippen LogP contribution >= 0.6 is 0 Å². The van der Waals surface area contributed by atoms with Crippen molar-refractivity contribution in [2.75, 3.05) is 27.9 Å². The minimum absolute atomic E-state index is 0.471. The summed E-state index contributed by atoms with van der Waals surface area (Å²) >= 11 is 0. The lowest BCUT2D eigenvalue weighted by atomic mass is 10.2. The molecule has 0 aliphatic carbocycles. The molecule has 0 spiro atoms. The summed E-state index contributed by atoms with van der Waals surface area (Å²) in [5.74, 6) is 0.404. The minimum atomic E-state index is -1.11. The van der Waals surface area contributed by atoms with Crippen LogP contribution in [-0.4, -0.2) is 45.2 Å². The van der Waals surface area contributed by atoms with Crippen LogP contribution in [0.2, 0.25) is 0 Å². The lowest BCUT2D eigenvalue weighted by Crippen LogP contribution is -2.04. The van der Waals surface area contributed by atoms with Crippen LogP contribution in [0.3, 0.4) is 0 Å². The average Bonchev–Trinajstić information content (AvgIpc) is 2.42. The molecular formula is C12H15NO6. The zero-order valence-corrected chi connectivity index (χ0v) is 10.9. The van der Waals surface area contributed by atoms with E-state index in [1.54, 1.807) is 12.1 Å². The summed E-state index contributed by atoms with van der Waals surface area (Å²) in [6, 6.07) is 3.31. The Morgan fingerprint density at radius 1 is 1.21 bits per heavy atom. The molecule has 104 valence electrons. The number of benzene rings is 1. The van der Waals surface area contributed by atoms with Crippen LogP contribution in [0, 0.1) is 0 Å². The van der Waals surface area contributed by atoms with Crippen LogP contribution in [0.15, 0.2) is 17.3 Å². The molecule has 0 atom stereocenters. The Bertz CT molecular complexity index is 446. The largest absolute Gasteiger partial charge is 0.496 e. The summed E-state index contributed by atoms with van der Waals surface area (Å²) in [6.07, 6.45) is 1.32. The van der Waals surface area contributed by atoms with Gasteiger partial charge in [-0.25, -0.2) is 4.79 Å². The van der Waals surface area contributed by atoms with Crippen molar-refractivity contribution in [2.45, 2.75) is 0 Å². The molecule has 0 aliphatic rings. The molecule has 0 unspecified atom stereocenters. The van der Waals surface area contributed by atoms with Gasteiger partial charge in [-0.05, 0) is 0 Å². The Morgan fingerprint density at radius 3 is 2.21 bits per heavy atom. The summed E-state index contributed by atoms with van der Waals surface area (Å²) in [7, 11) is 4.51. The van der Waals surface area contributed by atoms with Crippen molar-refractivity contribution >= 4 is 12.2 Å². The number of rotatable bonds is 7. The van der Waals surface area contributed by atoms with E-state index in [1.165, 1.54) is 27.5 Å². The number of oxime groups is 1. The first kappa shape index (κ1) is 14.6.